The Hall–Kier alpha value is -1.86. The fourth-order valence-corrected chi connectivity index (χ4v) is 4.11. The van der Waals surface area contributed by atoms with Crippen LogP contribution in [0, 0.1) is 0 Å². The molecule has 0 aromatic heterocycles. The van der Waals surface area contributed by atoms with Crippen LogP contribution >= 0.6 is 0 Å². The summed E-state index contributed by atoms with van der Waals surface area (Å²) in [5.74, 6) is 0. The number of nitrogens with zero attached hydrogens (tertiary/aromatic N) is 1. The van der Waals surface area contributed by atoms with Crippen LogP contribution in [-0.2, 0) is 13.1 Å². The molecule has 2 aromatic carbocycles. The quantitative estimate of drug-likeness (QED) is 0.172. The molecule has 0 heterocycles. The largest absolute Gasteiger partial charge is 0.295 e. The minimum absolute atomic E-state index is 1.04. The zero-order chi connectivity index (χ0) is 21.8. The van der Waals surface area contributed by atoms with E-state index in [1.807, 2.05) is 0 Å². The summed E-state index contributed by atoms with van der Waals surface area (Å²) in [5, 5.41) is 0. The normalized spacial score (nSPS) is 11.5. The Kier molecular flexibility index (Phi) is 14.6. The van der Waals surface area contributed by atoms with Gasteiger partial charge in [-0.05, 0) is 43.4 Å². The van der Waals surface area contributed by atoms with E-state index in [1.54, 1.807) is 0 Å². The number of hydrogen-bond donors (Lipinski definition) is 0. The molecule has 1 nitrogen and oxygen atoms in total. The van der Waals surface area contributed by atoms with Crippen LogP contribution in [0.15, 0.2) is 72.8 Å². The summed E-state index contributed by atoms with van der Waals surface area (Å²) in [6.07, 6.45) is 21.0. The number of hydrogen-bond acceptors (Lipinski definition) is 1. The van der Waals surface area contributed by atoms with Crippen LogP contribution in [0.3, 0.4) is 0 Å². The first-order chi connectivity index (χ1) is 15.4. The lowest BCUT2D eigenvalue weighted by Gasteiger charge is -2.22. The third-order valence-electron chi connectivity index (χ3n) is 5.98. The maximum Gasteiger partial charge on any atom is 0.0237 e. The van der Waals surface area contributed by atoms with Gasteiger partial charge in [-0.1, -0.05) is 131 Å². The van der Waals surface area contributed by atoms with Gasteiger partial charge in [0.15, 0.2) is 0 Å². The van der Waals surface area contributed by atoms with Crippen molar-refractivity contribution in [1.82, 2.24) is 4.90 Å². The molecule has 0 aliphatic rings. The van der Waals surface area contributed by atoms with Gasteiger partial charge in [-0.2, -0.15) is 0 Å². The maximum atomic E-state index is 2.61. The number of rotatable bonds is 18. The van der Waals surface area contributed by atoms with E-state index in [0.717, 1.165) is 13.1 Å². The monoisotopic (exact) mass is 419 g/mol. The molecular formula is C30H45N. The van der Waals surface area contributed by atoms with Crippen LogP contribution in [0.25, 0.3) is 0 Å². The lowest BCUT2D eigenvalue weighted by molar-refractivity contribution is 0.250. The highest BCUT2D eigenvalue weighted by Gasteiger charge is 2.07. The molecular weight excluding hydrogens is 374 g/mol. The van der Waals surface area contributed by atoms with Crippen molar-refractivity contribution >= 4 is 0 Å². The second kappa shape index (κ2) is 17.8. The molecule has 0 aliphatic heterocycles. The Balaban J connectivity index is 1.54. The first-order valence-electron chi connectivity index (χ1n) is 12.8. The Labute approximate surface area is 192 Å². The Bertz CT molecular complexity index is 620. The summed E-state index contributed by atoms with van der Waals surface area (Å²) in [6.45, 7) is 5.54. The summed E-state index contributed by atoms with van der Waals surface area (Å²) in [5.41, 5.74) is 2.83. The van der Waals surface area contributed by atoms with Gasteiger partial charge in [0.1, 0.15) is 0 Å². The van der Waals surface area contributed by atoms with Crippen molar-refractivity contribution in [2.75, 3.05) is 6.54 Å². The molecule has 2 rings (SSSR count). The molecule has 0 atom stereocenters. The van der Waals surface area contributed by atoms with Gasteiger partial charge in [-0.25, -0.2) is 0 Å². The van der Waals surface area contributed by atoms with Gasteiger partial charge in [-0.15, -0.1) is 0 Å². The fraction of sp³-hybridized carbons (Fsp3) is 0.533. The molecule has 0 amide bonds. The van der Waals surface area contributed by atoms with E-state index in [4.69, 9.17) is 0 Å². The molecule has 170 valence electrons. The highest BCUT2D eigenvalue weighted by atomic mass is 15.1. The lowest BCUT2D eigenvalue weighted by Crippen LogP contribution is -2.24. The molecule has 0 spiro atoms. The molecule has 2 aromatic rings. The first-order valence-corrected chi connectivity index (χ1v) is 12.8. The zero-order valence-corrected chi connectivity index (χ0v) is 20.0. The van der Waals surface area contributed by atoms with Crippen molar-refractivity contribution in [2.24, 2.45) is 0 Å². The third-order valence-corrected chi connectivity index (χ3v) is 5.98. The fourth-order valence-electron chi connectivity index (χ4n) is 4.11. The van der Waals surface area contributed by atoms with Gasteiger partial charge < -0.3 is 0 Å². The highest BCUT2D eigenvalue weighted by molar-refractivity contribution is 5.17. The molecule has 0 fully saturated rings. The van der Waals surface area contributed by atoms with Crippen LogP contribution in [0.1, 0.15) is 95.1 Å². The third kappa shape index (κ3) is 13.2. The van der Waals surface area contributed by atoms with Gasteiger partial charge in [0.2, 0.25) is 0 Å². The van der Waals surface area contributed by atoms with Crippen molar-refractivity contribution in [3.63, 3.8) is 0 Å². The minimum atomic E-state index is 1.04. The Morgan fingerprint density at radius 1 is 0.548 bits per heavy atom. The second-order valence-electron chi connectivity index (χ2n) is 8.91. The van der Waals surface area contributed by atoms with Crippen LogP contribution in [0.5, 0.6) is 0 Å². The Morgan fingerprint density at radius 2 is 1.00 bits per heavy atom. The van der Waals surface area contributed by atoms with Crippen LogP contribution in [0.2, 0.25) is 0 Å². The maximum absolute atomic E-state index is 2.61. The van der Waals surface area contributed by atoms with Crippen LogP contribution in [0.4, 0.5) is 0 Å². The predicted octanol–water partition coefficient (Wildman–Crippen LogP) is 8.95. The number of benzene rings is 2. The van der Waals surface area contributed by atoms with E-state index in [1.165, 1.54) is 94.7 Å². The first kappa shape index (κ1) is 25.4. The molecule has 0 radical (unpaired) electrons. The predicted molar refractivity (Wildman–Crippen MR) is 137 cm³/mol. The topological polar surface area (TPSA) is 3.24 Å². The van der Waals surface area contributed by atoms with Gasteiger partial charge >= 0.3 is 0 Å². The minimum Gasteiger partial charge on any atom is -0.295 e. The summed E-state index contributed by atoms with van der Waals surface area (Å²) in [4.78, 5) is 2.61. The Morgan fingerprint density at radius 3 is 1.52 bits per heavy atom. The number of allylic oxidation sites excluding steroid dienone is 2. The van der Waals surface area contributed by atoms with Crippen molar-refractivity contribution in [3.05, 3.63) is 83.9 Å². The summed E-state index contributed by atoms with van der Waals surface area (Å²) in [7, 11) is 0. The summed E-state index contributed by atoms with van der Waals surface area (Å²) in [6, 6.07) is 21.8. The molecule has 1 heteroatoms. The van der Waals surface area contributed by atoms with Crippen LogP contribution < -0.4 is 0 Å². The lowest BCUT2D eigenvalue weighted by atomic mass is 10.1. The van der Waals surface area contributed by atoms with Gasteiger partial charge in [0.05, 0.1) is 0 Å². The van der Waals surface area contributed by atoms with E-state index < -0.39 is 0 Å². The highest BCUT2D eigenvalue weighted by Crippen LogP contribution is 2.14. The van der Waals surface area contributed by atoms with E-state index >= 15 is 0 Å². The standard InChI is InChI=1S/C30H45N/c1-2-3-4-5-6-7-8-9-10-11-12-13-14-21-26-31(27-29-22-17-15-18-23-29)28-30-24-19-16-20-25-30/h5-6,15-20,22-25H,2-4,7-14,21,26-28H2,1H3/b6-5+. The molecule has 0 saturated carbocycles. The molecule has 0 aliphatic carbocycles. The van der Waals surface area contributed by atoms with E-state index in [2.05, 4.69) is 84.6 Å². The molecule has 0 N–H and O–H groups in total. The van der Waals surface area contributed by atoms with Crippen molar-refractivity contribution in [2.45, 2.75) is 97.1 Å². The van der Waals surface area contributed by atoms with Gasteiger partial charge in [0.25, 0.3) is 0 Å². The van der Waals surface area contributed by atoms with E-state index in [0.29, 0.717) is 0 Å². The molecule has 31 heavy (non-hydrogen) atoms. The zero-order valence-electron chi connectivity index (χ0n) is 20.0. The van der Waals surface area contributed by atoms with Crippen molar-refractivity contribution in [3.8, 4) is 0 Å². The average molecular weight is 420 g/mol. The molecule has 0 unspecified atom stereocenters. The van der Waals surface area contributed by atoms with E-state index in [9.17, 15) is 0 Å². The SMILES string of the molecule is CCCC/C=C/CCCCCCCCCCN(Cc1ccccc1)Cc1ccccc1. The van der Waals surface area contributed by atoms with Gasteiger partial charge in [-0.3, -0.25) is 4.90 Å². The summed E-state index contributed by atoms with van der Waals surface area (Å²) >= 11 is 0. The number of unbranched alkanes of at least 4 members (excludes halogenated alkanes) is 10. The molecule has 0 saturated heterocycles. The van der Waals surface area contributed by atoms with E-state index in [-0.39, 0.29) is 0 Å². The van der Waals surface area contributed by atoms with Crippen LogP contribution in [-0.4, -0.2) is 11.4 Å². The smallest absolute Gasteiger partial charge is 0.0237 e. The van der Waals surface area contributed by atoms with Crippen molar-refractivity contribution in [1.29, 1.82) is 0 Å². The van der Waals surface area contributed by atoms with Crippen molar-refractivity contribution < 1.29 is 0 Å². The molecule has 0 bridgehead atoms. The average Bonchev–Trinajstić information content (AvgIpc) is 2.80. The second-order valence-corrected chi connectivity index (χ2v) is 8.91. The summed E-state index contributed by atoms with van der Waals surface area (Å²) < 4.78 is 0. The van der Waals surface area contributed by atoms with Gasteiger partial charge in [0, 0.05) is 13.1 Å².